The Balaban J connectivity index is 0.0000000995. The minimum atomic E-state index is -1.21. The van der Waals surface area contributed by atoms with Crippen LogP contribution in [-0.2, 0) is 68.9 Å². The monoisotopic (exact) mass is 1750 g/mol. The van der Waals surface area contributed by atoms with Crippen molar-refractivity contribution in [3.8, 4) is 67.8 Å². The van der Waals surface area contributed by atoms with Gasteiger partial charge in [0, 0.05) is 151 Å². The van der Waals surface area contributed by atoms with E-state index in [4.69, 9.17) is 26.4 Å². The number of rotatable bonds is 8. The third-order valence-corrected chi connectivity index (χ3v) is 27.4. The molecule has 0 fully saturated rings. The maximum Gasteiger partial charge on any atom is 0.337 e. The number of aryl methyl sites for hydroxylation is 6. The first-order valence-electron chi connectivity index (χ1n) is 45.4. The fraction of sp³-hybridized carbons (Fsp3) is 0.200. The number of nitrogens with zero attached hydrogens (tertiary/aromatic N) is 6. The highest BCUT2D eigenvalue weighted by Gasteiger charge is 2.29. The van der Waals surface area contributed by atoms with Gasteiger partial charge >= 0.3 is 5.97 Å². The number of nitrogens with two attached hydrogens (primary N) is 2. The Morgan fingerprint density at radius 1 is 0.356 bits per heavy atom. The number of fused-ring (bicyclic) bond motifs is 25. The van der Waals surface area contributed by atoms with Crippen molar-refractivity contribution in [2.45, 2.75) is 135 Å². The average molecular weight is 1750 g/mol. The molecule has 0 radical (unpaired) electrons. The zero-order valence-corrected chi connectivity index (χ0v) is 73.0. The molecule has 0 saturated carbocycles. The van der Waals surface area contributed by atoms with Crippen LogP contribution < -0.4 is 11.5 Å². The Labute approximate surface area is 756 Å². The standard InChI is InChI=1S/C23H20N2O2.C22H19FN2O.C22H20N4O.C22H19N3O.C21H16F2N2O/c1-27-23(26)15-8-6-14(7-9-15)22-17-5-3-2-4-16(17)21-18-12-13-24-19(18)10-11-20(21)25-22;1-12-10-16-18(24-12)7-8-19-21(16)14-4-2-3-5-15(14)22(25-19)13-6-9-20(26)17(23)11-13;23-22(26-27)14-7-5-13(6-8-14)21-16-4-2-1-3-15(16)20-17-11-12-24-18(17)9-10-19(20)25-21;23-22(26)14-7-5-13(6-8-14)21-16-4-2-1-3-15(16)20-17-11-12-24-18(17)9-10-19(20)25-21;22-19-14(5-8-17(26)20(19)23)21-12-4-2-1-3-11(12)18-13-9-10-24-15(13)6-7-16(18)25-21/h6-13,25H,2-5H2,1H3;6-11,24,26H,2-5H2,1H3;5-12,25,27H,1-4H2,(H2,23,26);5-12,25H,1-4H2,(H2,23,26);5-10,25-26H,1-4H2. The van der Waals surface area contributed by atoms with Crippen LogP contribution in [0.3, 0.4) is 0 Å². The van der Waals surface area contributed by atoms with Gasteiger partial charge in [0.15, 0.2) is 29.0 Å². The summed E-state index contributed by atoms with van der Waals surface area (Å²) in [6.07, 6.45) is 29.3. The topological polar surface area (TPSA) is 312 Å². The van der Waals surface area contributed by atoms with Crippen molar-refractivity contribution in [2.75, 3.05) is 7.11 Å². The van der Waals surface area contributed by atoms with Gasteiger partial charge in [-0.3, -0.25) is 24.7 Å². The molecule has 5 aliphatic rings. The quantitative estimate of drug-likeness (QED) is 0.0223. The van der Waals surface area contributed by atoms with Crippen LogP contribution >= 0.6 is 0 Å². The minimum Gasteiger partial charge on any atom is -0.505 e. The number of nitrogens with one attached hydrogen (secondary N) is 5. The summed E-state index contributed by atoms with van der Waals surface area (Å²) >= 11 is 0. The van der Waals surface area contributed by atoms with Crippen molar-refractivity contribution in [1.29, 1.82) is 0 Å². The lowest BCUT2D eigenvalue weighted by atomic mass is 9.85. The normalized spacial score (nSPS) is 14.1. The SMILES string of the molecule is COC(=O)c1ccc(-c2[nH]c3ccc4nccc4c3c3c2CCCC3)cc1.Cc1cc2c(ccc3nc(-c4ccc(O)c(F)c4)c4c(c32)CCCC4)[nH]1.NC(=NO)c1ccc(-c2[nH]c3ccc4nccc4c3c3c2CCCC3)cc1.NC(=O)c1ccc(-c2[nH]c3ccc4nccc4c3c3c2CCCC3)cc1.Oc1ccc(-c2[nH]c3ccc4nccc4c3c3c2CCCC3)c(F)c1F. The van der Waals surface area contributed by atoms with Gasteiger partial charge in [0.25, 0.3) is 0 Å². The lowest BCUT2D eigenvalue weighted by Crippen LogP contribution is -2.12. The molecular formula is C110H94F3N13O6. The van der Waals surface area contributed by atoms with E-state index in [0.29, 0.717) is 22.4 Å². The van der Waals surface area contributed by atoms with E-state index in [1.54, 1.807) is 24.4 Å². The molecule has 10 heterocycles. The van der Waals surface area contributed by atoms with Gasteiger partial charge in [-0.2, -0.15) is 4.39 Å². The number of H-pyrrole nitrogens is 5. The highest BCUT2D eigenvalue weighted by molar-refractivity contribution is 6.13. The predicted molar refractivity (Wildman–Crippen MR) is 519 cm³/mol. The van der Waals surface area contributed by atoms with E-state index < -0.39 is 29.1 Å². The third kappa shape index (κ3) is 15.1. The summed E-state index contributed by atoms with van der Waals surface area (Å²) in [7, 11) is 1.41. The van der Waals surface area contributed by atoms with E-state index in [9.17, 15) is 33.0 Å². The molecule has 0 atom stereocenters. The molecular weight excluding hydrogens is 1660 g/mol. The number of methoxy groups -OCH3 is 1. The van der Waals surface area contributed by atoms with Gasteiger partial charge in [-0.1, -0.05) is 53.7 Å². The second kappa shape index (κ2) is 34.9. The minimum absolute atomic E-state index is 0.122. The number of carbonyl (C=O) groups is 2. The highest BCUT2D eigenvalue weighted by Crippen LogP contribution is 2.46. The number of phenolic OH excluding ortho intramolecular Hbond substituents is 2. The van der Waals surface area contributed by atoms with Gasteiger partial charge in [0.2, 0.25) is 11.7 Å². The molecule has 12 N–H and O–H groups in total. The fourth-order valence-electron chi connectivity index (χ4n) is 21.2. The molecule has 0 spiro atoms. The van der Waals surface area contributed by atoms with Gasteiger partial charge in [0.1, 0.15) is 0 Å². The lowest BCUT2D eigenvalue weighted by Gasteiger charge is -2.23. The number of hydrogen-bond donors (Lipinski definition) is 10. The number of aromatic amines is 5. The summed E-state index contributed by atoms with van der Waals surface area (Å²) in [4.78, 5) is 63.6. The van der Waals surface area contributed by atoms with Crippen LogP contribution in [0.1, 0.15) is 152 Å². The van der Waals surface area contributed by atoms with Crippen molar-refractivity contribution in [2.24, 2.45) is 16.6 Å². The van der Waals surface area contributed by atoms with Crippen LogP contribution in [0, 0.1) is 24.4 Å². The molecule has 0 bridgehead atoms. The van der Waals surface area contributed by atoms with Crippen LogP contribution in [0.2, 0.25) is 0 Å². The maximum atomic E-state index is 14.6. The number of benzene rings is 10. The number of halogens is 3. The molecule has 0 unspecified atom stereocenters. The molecule has 0 aliphatic heterocycles. The number of phenols is 2. The molecule has 0 saturated heterocycles. The molecule has 132 heavy (non-hydrogen) atoms. The molecule has 25 rings (SSSR count). The Bertz CT molecular complexity index is 8070. The summed E-state index contributed by atoms with van der Waals surface area (Å²) in [5.74, 6) is -4.42. The summed E-state index contributed by atoms with van der Waals surface area (Å²) in [6.45, 7) is 2.07. The number of amides is 1. The van der Waals surface area contributed by atoms with E-state index in [1.807, 2.05) is 104 Å². The number of aromatic hydroxyl groups is 2. The van der Waals surface area contributed by atoms with Crippen LogP contribution in [-0.4, -0.2) is 90.1 Å². The Morgan fingerprint density at radius 3 is 1.12 bits per heavy atom. The number of pyridine rings is 5. The first-order chi connectivity index (χ1) is 64.5. The van der Waals surface area contributed by atoms with Crippen molar-refractivity contribution in [1.82, 2.24) is 49.8 Å². The molecule has 10 aromatic carbocycles. The maximum absolute atomic E-state index is 14.6. The second-order valence-electron chi connectivity index (χ2n) is 35.1. The number of oxime groups is 1. The van der Waals surface area contributed by atoms with Gasteiger partial charge < -0.3 is 56.5 Å². The smallest absolute Gasteiger partial charge is 0.337 e. The van der Waals surface area contributed by atoms with Crippen LogP contribution in [0.15, 0.2) is 224 Å². The zero-order valence-electron chi connectivity index (χ0n) is 73.0. The largest absolute Gasteiger partial charge is 0.505 e. The number of aromatic nitrogens is 10. The molecule has 22 heteroatoms. The number of hydrogen-bond acceptors (Lipinski definition) is 12. The summed E-state index contributed by atoms with van der Waals surface area (Å²) in [5.41, 5.74) is 46.9. The third-order valence-electron chi connectivity index (χ3n) is 27.4. The second-order valence-corrected chi connectivity index (χ2v) is 35.1. The number of primary amides is 1. The van der Waals surface area contributed by atoms with E-state index in [1.165, 1.54) is 169 Å². The first kappa shape index (κ1) is 83.5. The van der Waals surface area contributed by atoms with Gasteiger partial charge in [-0.25, -0.2) is 18.6 Å². The average Bonchev–Trinajstić information content (AvgIpc) is 1.35. The molecule has 5 aliphatic carbocycles. The molecule has 1 amide bonds. The van der Waals surface area contributed by atoms with Gasteiger partial charge in [0.05, 0.1) is 51.6 Å². The van der Waals surface area contributed by atoms with Crippen molar-refractivity contribution in [3.63, 3.8) is 0 Å². The van der Waals surface area contributed by atoms with Crippen LogP contribution in [0.5, 0.6) is 11.5 Å². The summed E-state index contributed by atoms with van der Waals surface area (Å²) in [5, 5.41) is 43.2. The van der Waals surface area contributed by atoms with Crippen molar-refractivity contribution < 1.29 is 42.9 Å². The van der Waals surface area contributed by atoms with Gasteiger partial charge in [-0.15, -0.1) is 0 Å². The zero-order chi connectivity index (χ0) is 90.1. The first-order valence-corrected chi connectivity index (χ1v) is 45.4. The lowest BCUT2D eigenvalue weighted by molar-refractivity contribution is 0.0600. The van der Waals surface area contributed by atoms with E-state index >= 15 is 0 Å². The van der Waals surface area contributed by atoms with E-state index in [-0.39, 0.29) is 23.1 Å². The molecule has 20 aromatic rings. The highest BCUT2D eigenvalue weighted by atomic mass is 19.2. The number of ether oxygens (including phenoxy) is 1. The molecule has 19 nitrogen and oxygen atoms in total. The fourth-order valence-corrected chi connectivity index (χ4v) is 21.2. The molecule has 10 aromatic heterocycles. The Hall–Kier alpha value is -15.5. The van der Waals surface area contributed by atoms with E-state index in [2.05, 4.69) is 124 Å². The Morgan fingerprint density at radius 2 is 0.712 bits per heavy atom. The Kier molecular flexibility index (Phi) is 22.0. The van der Waals surface area contributed by atoms with E-state index in [0.717, 1.165) is 206 Å². The van der Waals surface area contributed by atoms with Crippen molar-refractivity contribution in [3.05, 3.63) is 314 Å². The number of esters is 1. The van der Waals surface area contributed by atoms with Crippen molar-refractivity contribution >= 4 is 127 Å². The number of amidine groups is 1. The van der Waals surface area contributed by atoms with Gasteiger partial charge in [-0.05, 0) is 353 Å². The molecule has 656 valence electrons. The summed E-state index contributed by atoms with van der Waals surface area (Å²) < 4.78 is 47.2. The summed E-state index contributed by atoms with van der Waals surface area (Å²) in [6, 6.07) is 61.4. The van der Waals surface area contributed by atoms with Crippen LogP contribution in [0.25, 0.3) is 165 Å². The van der Waals surface area contributed by atoms with Crippen LogP contribution in [0.4, 0.5) is 13.2 Å². The predicted octanol–water partition coefficient (Wildman–Crippen LogP) is 24.4. The number of carbonyl (C=O) groups excluding carboxylic acids is 2.